The number of carboxylic acids is 1. The van der Waals surface area contributed by atoms with Crippen LogP contribution in [0.4, 0.5) is 0 Å². The van der Waals surface area contributed by atoms with E-state index in [-0.39, 0.29) is 98.9 Å². The lowest BCUT2D eigenvalue weighted by molar-refractivity contribution is -0.150. The highest BCUT2D eigenvalue weighted by molar-refractivity contribution is 6.12. The summed E-state index contributed by atoms with van der Waals surface area (Å²) in [5.74, 6) is -6.15. The van der Waals surface area contributed by atoms with Gasteiger partial charge in [-0.25, -0.2) is 0 Å². The molecule has 1 aromatic rings. The van der Waals surface area contributed by atoms with E-state index in [0.717, 1.165) is 10.5 Å². The van der Waals surface area contributed by atoms with Crippen LogP contribution < -0.4 is 0 Å². The maximum absolute atomic E-state index is 14.6. The van der Waals surface area contributed by atoms with Gasteiger partial charge in [0.15, 0.2) is 5.78 Å². The summed E-state index contributed by atoms with van der Waals surface area (Å²) in [5.41, 5.74) is 0.825. The van der Waals surface area contributed by atoms with Gasteiger partial charge < -0.3 is 34.0 Å². The number of imide groups is 1. The van der Waals surface area contributed by atoms with Crippen molar-refractivity contribution in [1.29, 1.82) is 0 Å². The molecular weight excluding hydrogens is 849 g/mol. The number of aliphatic carboxylic acids is 1. The normalized spacial score (nSPS) is 18.8. The summed E-state index contributed by atoms with van der Waals surface area (Å²) in [6.07, 6.45) is 2.79. The Balaban J connectivity index is 1.71. The number of carbonyl (C=O) groups is 8. The third-order valence-corrected chi connectivity index (χ3v) is 13.6. The van der Waals surface area contributed by atoms with Crippen LogP contribution in [0.1, 0.15) is 99.0 Å². The lowest BCUT2D eigenvalue weighted by Crippen LogP contribution is -2.54. The second-order valence-electron chi connectivity index (χ2n) is 18.7. The molecule has 0 unspecified atom stereocenters. The van der Waals surface area contributed by atoms with Crippen LogP contribution >= 0.6 is 0 Å². The number of amides is 5. The number of Topliss-reactive ketones (excluding diaryl/α,β-unsaturated/α-hetero) is 2. The third kappa shape index (κ3) is 14.9. The minimum Gasteiger partial charge on any atom is -0.481 e. The molecule has 2 aliphatic rings. The zero-order valence-corrected chi connectivity index (χ0v) is 41.1. The fraction of sp³-hybridized carbons (Fsp3) is 0.680. The maximum Gasteiger partial charge on any atom is 0.307 e. The van der Waals surface area contributed by atoms with Crippen molar-refractivity contribution in [2.45, 2.75) is 130 Å². The number of ketones is 2. The monoisotopic (exact) mass is 925 g/mol. The summed E-state index contributed by atoms with van der Waals surface area (Å²) in [6, 6.07) is 7.39. The first-order chi connectivity index (χ1) is 31.2. The van der Waals surface area contributed by atoms with E-state index < -0.39 is 65.9 Å². The first kappa shape index (κ1) is 55.5. The Kier molecular flexibility index (Phi) is 22.3. The summed E-state index contributed by atoms with van der Waals surface area (Å²) in [6.45, 7) is 13.8. The van der Waals surface area contributed by atoms with Crippen LogP contribution in [0, 0.1) is 35.5 Å². The van der Waals surface area contributed by atoms with Crippen molar-refractivity contribution in [3.05, 3.63) is 48.0 Å². The van der Waals surface area contributed by atoms with Crippen molar-refractivity contribution in [3.8, 4) is 0 Å². The van der Waals surface area contributed by atoms with E-state index >= 15 is 0 Å². The van der Waals surface area contributed by atoms with Gasteiger partial charge in [-0.15, -0.1) is 0 Å². The number of hydrogen-bond donors (Lipinski definition) is 1. The Bertz CT molecular complexity index is 1830. The molecule has 1 saturated heterocycles. The molecule has 16 heteroatoms. The van der Waals surface area contributed by atoms with Gasteiger partial charge in [0.1, 0.15) is 5.78 Å². The van der Waals surface area contributed by atoms with Gasteiger partial charge >= 0.3 is 5.97 Å². The van der Waals surface area contributed by atoms with Gasteiger partial charge in [0, 0.05) is 71.7 Å². The number of likely N-dealkylation sites (N-methyl/N-ethyl adjacent to an activating group) is 2. The number of carbonyl (C=O) groups excluding carboxylic acids is 7. The molecule has 1 aromatic carbocycles. The van der Waals surface area contributed by atoms with Crippen molar-refractivity contribution in [2.24, 2.45) is 35.5 Å². The molecule has 0 radical (unpaired) electrons. The smallest absolute Gasteiger partial charge is 0.307 e. The number of nitrogens with zero attached hydrogens (tertiary/aromatic N) is 4. The highest BCUT2D eigenvalue weighted by Gasteiger charge is 2.44. The summed E-state index contributed by atoms with van der Waals surface area (Å²) < 4.78 is 17.5. The minimum atomic E-state index is -1.05. The molecule has 1 fully saturated rings. The van der Waals surface area contributed by atoms with E-state index in [1.54, 1.807) is 30.8 Å². The van der Waals surface area contributed by atoms with Gasteiger partial charge in [-0.05, 0) is 42.6 Å². The second kappa shape index (κ2) is 26.5. The van der Waals surface area contributed by atoms with E-state index in [1.807, 2.05) is 71.9 Å². The summed E-state index contributed by atoms with van der Waals surface area (Å²) >= 11 is 0. The van der Waals surface area contributed by atoms with Crippen LogP contribution in [0.3, 0.4) is 0 Å². The Hall–Kier alpha value is -4.80. The van der Waals surface area contributed by atoms with Gasteiger partial charge in [0.2, 0.25) is 17.7 Å². The van der Waals surface area contributed by atoms with Crippen molar-refractivity contribution < 1.29 is 57.7 Å². The van der Waals surface area contributed by atoms with Crippen LogP contribution in [-0.2, 0) is 59.0 Å². The average molecular weight is 925 g/mol. The largest absolute Gasteiger partial charge is 0.481 e. The highest BCUT2D eigenvalue weighted by Crippen LogP contribution is 2.32. The molecule has 16 nitrogen and oxygen atoms in total. The predicted octanol–water partition coefficient (Wildman–Crippen LogP) is 4.86. The second-order valence-corrected chi connectivity index (χ2v) is 18.7. The Labute approximate surface area is 391 Å². The number of hydrogen-bond acceptors (Lipinski definition) is 11. The Morgan fingerprint density at radius 2 is 1.45 bits per heavy atom. The van der Waals surface area contributed by atoms with Crippen LogP contribution in [0.5, 0.6) is 0 Å². The molecule has 2 aliphatic heterocycles. The number of carboxylic acid groups (broad SMARTS) is 1. The van der Waals surface area contributed by atoms with Crippen molar-refractivity contribution >= 4 is 47.1 Å². The minimum absolute atomic E-state index is 0.0264. The molecule has 66 heavy (non-hydrogen) atoms. The van der Waals surface area contributed by atoms with E-state index in [9.17, 15) is 43.5 Å². The number of benzene rings is 1. The fourth-order valence-corrected chi connectivity index (χ4v) is 9.56. The molecule has 9 atom stereocenters. The Morgan fingerprint density at radius 3 is 2.00 bits per heavy atom. The van der Waals surface area contributed by atoms with Crippen molar-refractivity contribution in [1.82, 2.24) is 19.6 Å². The molecule has 3 rings (SSSR count). The lowest BCUT2D eigenvalue weighted by Gasteiger charge is -2.41. The molecule has 0 saturated carbocycles. The van der Waals surface area contributed by atoms with E-state index in [0.29, 0.717) is 25.8 Å². The Morgan fingerprint density at radius 1 is 0.818 bits per heavy atom. The SMILES string of the molecule is CC[C@H](C)[C@@H]([C@@H](CC(=O)N1CCC[C@H]1[C@H](OC)[C@@H](C)C(=O)C[C@@H](Cc1ccccc1)C(=O)O)OC)N(C)C(=O)[C@@H](CC(=O)[C@H](C(C)C)N(C)C(=O)CCOCCN1C(=O)C=CC1=O)C(C)C. The third-order valence-electron chi connectivity index (χ3n) is 13.6. The standard InChI is InChI=1S/C50H76N4O12/c1-12-33(6)47(41(64-10)30-45(60)53-23-16-19-38(53)48(65-11)34(7)39(55)28-36(50(62)63)27-35-17-14-13-15-18-35)52(9)49(61)37(31(2)3)29-40(56)46(32(4)5)51(8)42(57)22-25-66-26-24-54-43(58)20-21-44(54)59/h13-15,17-18,20-21,31-34,36-38,41,46-48H,12,16,19,22-30H2,1-11H3,(H,62,63)/t33-,34-,36+,37-,38-,41+,46-,47-,48+/m0/s1. The molecule has 368 valence electrons. The van der Waals surface area contributed by atoms with Gasteiger partial charge in [0.05, 0.1) is 68.9 Å². The van der Waals surface area contributed by atoms with E-state index in [4.69, 9.17) is 14.2 Å². The number of likely N-dealkylation sites (tertiary alicyclic amines) is 1. The van der Waals surface area contributed by atoms with E-state index in [2.05, 4.69) is 0 Å². The summed E-state index contributed by atoms with van der Waals surface area (Å²) in [7, 11) is 6.27. The predicted molar refractivity (Wildman–Crippen MR) is 248 cm³/mol. The zero-order valence-electron chi connectivity index (χ0n) is 41.1. The maximum atomic E-state index is 14.6. The van der Waals surface area contributed by atoms with E-state index in [1.165, 1.54) is 31.3 Å². The van der Waals surface area contributed by atoms with Gasteiger partial charge in [-0.3, -0.25) is 43.3 Å². The molecule has 1 N–H and O–H groups in total. The first-order valence-corrected chi connectivity index (χ1v) is 23.5. The molecule has 5 amide bonds. The number of ether oxygens (including phenoxy) is 3. The highest BCUT2D eigenvalue weighted by atomic mass is 16.5. The molecular formula is C50H76N4O12. The molecule has 0 aromatic heterocycles. The number of methoxy groups -OCH3 is 2. The van der Waals surface area contributed by atoms with Crippen LogP contribution in [-0.4, -0.2) is 157 Å². The first-order valence-electron chi connectivity index (χ1n) is 23.5. The van der Waals surface area contributed by atoms with Crippen molar-refractivity contribution in [3.63, 3.8) is 0 Å². The van der Waals surface area contributed by atoms with Gasteiger partial charge in [-0.1, -0.05) is 85.2 Å². The number of rotatable bonds is 29. The molecule has 0 bridgehead atoms. The molecule has 2 heterocycles. The van der Waals surface area contributed by atoms with Crippen LogP contribution in [0.25, 0.3) is 0 Å². The van der Waals surface area contributed by atoms with Crippen LogP contribution in [0.2, 0.25) is 0 Å². The molecule has 0 spiro atoms. The quantitative estimate of drug-likeness (QED) is 0.0848. The summed E-state index contributed by atoms with van der Waals surface area (Å²) in [5, 5.41) is 10.00. The topological polar surface area (TPSA) is 197 Å². The summed E-state index contributed by atoms with van der Waals surface area (Å²) in [4.78, 5) is 112. The lowest BCUT2D eigenvalue weighted by atomic mass is 9.83. The average Bonchev–Trinajstić information content (AvgIpc) is 3.89. The zero-order chi connectivity index (χ0) is 49.4. The van der Waals surface area contributed by atoms with Crippen molar-refractivity contribution in [2.75, 3.05) is 54.6 Å². The van der Waals surface area contributed by atoms with Gasteiger partial charge in [0.25, 0.3) is 11.8 Å². The van der Waals surface area contributed by atoms with Crippen LogP contribution in [0.15, 0.2) is 42.5 Å². The van der Waals surface area contributed by atoms with Gasteiger partial charge in [-0.2, -0.15) is 0 Å². The fourth-order valence-electron chi connectivity index (χ4n) is 9.56. The molecule has 0 aliphatic carbocycles.